The van der Waals surface area contributed by atoms with Crippen molar-refractivity contribution in [3.05, 3.63) is 164 Å². The number of anilines is 3. The van der Waals surface area contributed by atoms with Crippen molar-refractivity contribution in [1.82, 2.24) is 0 Å². The van der Waals surface area contributed by atoms with E-state index in [9.17, 15) is 0 Å². The largest absolute Gasteiger partial charge is 0.309 e. The van der Waals surface area contributed by atoms with E-state index in [4.69, 9.17) is 0 Å². The lowest BCUT2D eigenvalue weighted by Crippen LogP contribution is -2.13. The topological polar surface area (TPSA) is 3.24 Å². The first-order chi connectivity index (χ1) is 26.3. The maximum Gasteiger partial charge on any atom is 0.0591 e. The highest BCUT2D eigenvalue weighted by Crippen LogP contribution is 2.72. The molecule has 0 saturated carbocycles. The minimum absolute atomic E-state index is 1.17. The molecular weight excluding hydrogens is 711 g/mol. The molecule has 0 fully saturated rings. The summed E-state index contributed by atoms with van der Waals surface area (Å²) in [5.74, 6) is 0. The summed E-state index contributed by atoms with van der Waals surface area (Å²) >= 11 is 1.95. The molecule has 262 valence electrons. The quantitative estimate of drug-likeness (QED) is 0.173. The van der Waals surface area contributed by atoms with Gasteiger partial charge in [-0.3, -0.25) is 0 Å². The summed E-state index contributed by atoms with van der Waals surface area (Å²) in [4.78, 5) is 8.47. The molecule has 1 nitrogen and oxygen atoms in total. The average molecular weight is 750 g/mol. The monoisotopic (exact) mass is 749 g/mol. The van der Waals surface area contributed by atoms with Crippen molar-refractivity contribution in [2.75, 3.05) is 29.9 Å². The number of benzene rings is 8. The van der Waals surface area contributed by atoms with Gasteiger partial charge >= 0.3 is 0 Å². The fourth-order valence-corrected chi connectivity index (χ4v) is 15.8. The van der Waals surface area contributed by atoms with E-state index in [1.54, 1.807) is 0 Å². The van der Waals surface area contributed by atoms with Crippen LogP contribution >= 0.6 is 31.4 Å². The minimum atomic E-state index is -1.28. The molecular formula is C50H39NS3. The second kappa shape index (κ2) is 11.6. The Morgan fingerprint density at radius 1 is 0.444 bits per heavy atom. The smallest absolute Gasteiger partial charge is 0.0591 e. The van der Waals surface area contributed by atoms with E-state index in [2.05, 4.69) is 194 Å². The summed E-state index contributed by atoms with van der Waals surface area (Å²) < 4.78 is 2.78. The van der Waals surface area contributed by atoms with Gasteiger partial charge in [0.2, 0.25) is 0 Å². The lowest BCUT2D eigenvalue weighted by Gasteiger charge is -2.36. The molecule has 0 N–H and O–H groups in total. The predicted octanol–water partition coefficient (Wildman–Crippen LogP) is 15.3. The highest BCUT2D eigenvalue weighted by Gasteiger charge is 2.37. The molecule has 2 aliphatic rings. The van der Waals surface area contributed by atoms with E-state index in [0.29, 0.717) is 0 Å². The Kier molecular flexibility index (Phi) is 6.93. The molecule has 4 heteroatoms. The van der Waals surface area contributed by atoms with Gasteiger partial charge in [-0.05, 0) is 112 Å². The van der Waals surface area contributed by atoms with Crippen LogP contribution in [-0.4, -0.2) is 25.0 Å². The molecule has 9 aromatic rings. The second-order valence-electron chi connectivity index (χ2n) is 15.3. The second-order valence-corrected chi connectivity index (χ2v) is 23.4. The Morgan fingerprint density at radius 3 is 2.00 bits per heavy atom. The van der Waals surface area contributed by atoms with Crippen LogP contribution in [0.15, 0.2) is 183 Å². The number of rotatable bonds is 4. The van der Waals surface area contributed by atoms with E-state index in [0.717, 1.165) is 0 Å². The summed E-state index contributed by atoms with van der Waals surface area (Å²) in [6.07, 6.45) is 9.94. The van der Waals surface area contributed by atoms with Gasteiger partial charge in [0.15, 0.2) is 0 Å². The van der Waals surface area contributed by atoms with Crippen molar-refractivity contribution in [3.63, 3.8) is 0 Å². The molecule has 1 aromatic heterocycles. The van der Waals surface area contributed by atoms with Crippen LogP contribution in [0.4, 0.5) is 17.1 Å². The Hall–Kier alpha value is -5.26. The van der Waals surface area contributed by atoms with Gasteiger partial charge in [-0.15, -0.1) is 11.3 Å². The lowest BCUT2D eigenvalue weighted by molar-refractivity contribution is 1.22. The summed E-state index contributed by atoms with van der Waals surface area (Å²) in [6, 6.07) is 61.7. The Bertz CT molecular complexity index is 3000. The number of hydrogen-bond acceptors (Lipinski definition) is 2. The van der Waals surface area contributed by atoms with E-state index in [-0.39, 0.29) is 0 Å². The van der Waals surface area contributed by atoms with Gasteiger partial charge in [0, 0.05) is 56.7 Å². The zero-order valence-corrected chi connectivity index (χ0v) is 33.2. The summed E-state index contributed by atoms with van der Waals surface area (Å²) in [5.41, 5.74) is 11.7. The number of hydrogen-bond donors (Lipinski definition) is 0. The van der Waals surface area contributed by atoms with Crippen LogP contribution in [0.25, 0.3) is 64.3 Å². The van der Waals surface area contributed by atoms with Crippen LogP contribution in [0.5, 0.6) is 0 Å². The van der Waals surface area contributed by atoms with Crippen LogP contribution in [-0.2, 0) is 0 Å². The molecule has 0 bridgehead atoms. The van der Waals surface area contributed by atoms with Crippen molar-refractivity contribution in [1.29, 1.82) is 0 Å². The number of nitrogens with zero attached hydrogens (tertiary/aromatic N) is 1. The van der Waals surface area contributed by atoms with E-state index < -0.39 is 20.1 Å². The molecule has 54 heavy (non-hydrogen) atoms. The molecule has 0 amide bonds. The molecule has 0 spiro atoms. The average Bonchev–Trinajstić information content (AvgIpc) is 3.78. The van der Waals surface area contributed by atoms with Gasteiger partial charge in [-0.2, -0.15) is 20.1 Å². The number of fused-ring (bicyclic) bond motifs is 11. The van der Waals surface area contributed by atoms with Crippen LogP contribution in [0.2, 0.25) is 0 Å². The third-order valence-electron chi connectivity index (χ3n) is 11.8. The van der Waals surface area contributed by atoms with Crippen LogP contribution in [0, 0.1) is 0 Å². The van der Waals surface area contributed by atoms with Gasteiger partial charge in [-0.1, -0.05) is 115 Å². The Balaban J connectivity index is 1.12. The highest BCUT2D eigenvalue weighted by atomic mass is 32.3. The highest BCUT2D eigenvalue weighted by molar-refractivity contribution is 8.33. The third-order valence-corrected chi connectivity index (χ3v) is 18.8. The van der Waals surface area contributed by atoms with Crippen molar-refractivity contribution < 1.29 is 0 Å². The van der Waals surface area contributed by atoms with E-state index >= 15 is 0 Å². The normalized spacial score (nSPS) is 15.8. The standard InChI is InChI=1S/C50H39NS3/c1-53(2)46-30-29-40-38-16-7-9-21-44(38)52-49(40)48(46)42-28-27-35(31-47(42)53)51(43-20-12-19-41-39-17-8-10-22-45(39)54(3,4)50(41)43)34-25-23-33(24-26-34)37-18-11-14-32-13-5-6-15-36(32)37/h5-31H,1-4H3. The zero-order chi connectivity index (χ0) is 36.3. The maximum atomic E-state index is 2.56. The SMILES string of the molecule is CS1(C)c2cc(N(c3ccc(-c4cccc5ccccc45)cc3)c3cccc4c3S(C)(C)c3ccccc3-4)ccc2-c2c1ccc1c2sc2ccccc21. The van der Waals surface area contributed by atoms with Gasteiger partial charge in [0.1, 0.15) is 0 Å². The minimum Gasteiger partial charge on any atom is -0.309 e. The molecule has 3 heterocycles. The lowest BCUT2D eigenvalue weighted by atomic mass is 9.98. The first kappa shape index (κ1) is 32.2. The molecule has 0 saturated heterocycles. The molecule has 0 radical (unpaired) electrons. The number of thiophene rings is 1. The Labute approximate surface area is 324 Å². The molecule has 0 atom stereocenters. The van der Waals surface area contributed by atoms with Gasteiger partial charge in [0.25, 0.3) is 0 Å². The maximum absolute atomic E-state index is 2.56. The van der Waals surface area contributed by atoms with Crippen molar-refractivity contribution in [2.24, 2.45) is 0 Å². The van der Waals surface area contributed by atoms with E-state index in [1.807, 2.05) is 11.3 Å². The fraction of sp³-hybridized carbons (Fsp3) is 0.0800. The summed E-state index contributed by atoms with van der Waals surface area (Å²) in [5, 5.41) is 5.28. The first-order valence-corrected chi connectivity index (χ1v) is 24.2. The first-order valence-electron chi connectivity index (χ1n) is 18.5. The molecule has 8 aromatic carbocycles. The molecule has 0 unspecified atom stereocenters. The van der Waals surface area contributed by atoms with Crippen LogP contribution in [0.3, 0.4) is 0 Å². The van der Waals surface area contributed by atoms with Gasteiger partial charge < -0.3 is 4.90 Å². The molecule has 0 aliphatic carbocycles. The van der Waals surface area contributed by atoms with Gasteiger partial charge in [-0.25, -0.2) is 0 Å². The molecule has 11 rings (SSSR count). The van der Waals surface area contributed by atoms with Crippen molar-refractivity contribution in [3.8, 4) is 33.4 Å². The van der Waals surface area contributed by atoms with E-state index in [1.165, 1.54) is 101 Å². The predicted molar refractivity (Wildman–Crippen MR) is 240 cm³/mol. The summed E-state index contributed by atoms with van der Waals surface area (Å²) in [6.45, 7) is 0. The third kappa shape index (κ3) is 4.48. The molecule has 2 aliphatic heterocycles. The fourth-order valence-electron chi connectivity index (χ4n) is 9.24. The van der Waals surface area contributed by atoms with Gasteiger partial charge in [0.05, 0.1) is 5.69 Å². The van der Waals surface area contributed by atoms with Crippen molar-refractivity contribution in [2.45, 2.75) is 19.6 Å². The van der Waals surface area contributed by atoms with Crippen molar-refractivity contribution >= 4 is 79.4 Å². The zero-order valence-electron chi connectivity index (χ0n) is 30.8. The summed E-state index contributed by atoms with van der Waals surface area (Å²) in [7, 11) is -2.55. The van der Waals surface area contributed by atoms with Crippen LogP contribution < -0.4 is 4.90 Å². The van der Waals surface area contributed by atoms with Crippen LogP contribution in [0.1, 0.15) is 0 Å². The Morgan fingerprint density at radius 2 is 1.13 bits per heavy atom.